The molecule has 0 bridgehead atoms. The van der Waals surface area contributed by atoms with E-state index in [4.69, 9.17) is 9.68 Å². The average Bonchev–Trinajstić information content (AvgIpc) is 2.29. The first-order valence-corrected chi connectivity index (χ1v) is 7.23. The lowest BCUT2D eigenvalue weighted by molar-refractivity contribution is -0.0727. The second-order valence-corrected chi connectivity index (χ2v) is 6.82. The summed E-state index contributed by atoms with van der Waals surface area (Å²) in [6.45, 7) is 12.6. The molecule has 0 aromatic heterocycles. The van der Waals surface area contributed by atoms with Gasteiger partial charge in [-0.1, -0.05) is 6.42 Å². The third-order valence-corrected chi connectivity index (χ3v) is 2.19. The van der Waals surface area contributed by atoms with Crippen LogP contribution in [0.1, 0.15) is 67.2 Å². The third kappa shape index (κ3) is 13.6. The van der Waals surface area contributed by atoms with Gasteiger partial charge in [0.2, 0.25) is 0 Å². The molecule has 0 spiro atoms. The Bertz CT molecular complexity index is 310. The molecule has 20 heavy (non-hydrogen) atoms. The summed E-state index contributed by atoms with van der Waals surface area (Å²) in [6.07, 6.45) is 3.59. The molecule has 0 unspecified atom stereocenters. The zero-order chi connectivity index (χ0) is 15.6. The van der Waals surface area contributed by atoms with Crippen LogP contribution in [-0.2, 0) is 14.5 Å². The maximum absolute atomic E-state index is 10.8. The molecule has 0 aromatic carbocycles. The van der Waals surface area contributed by atoms with Gasteiger partial charge in [0.25, 0.3) is 0 Å². The van der Waals surface area contributed by atoms with E-state index in [1.54, 1.807) is 0 Å². The molecule has 0 atom stereocenters. The van der Waals surface area contributed by atoms with Gasteiger partial charge in [-0.3, -0.25) is 15.2 Å². The van der Waals surface area contributed by atoms with Gasteiger partial charge in [0.1, 0.15) is 11.6 Å². The zero-order valence-electron chi connectivity index (χ0n) is 13.8. The molecule has 5 heteroatoms. The van der Waals surface area contributed by atoms with E-state index >= 15 is 0 Å². The van der Waals surface area contributed by atoms with E-state index in [0.717, 1.165) is 25.8 Å². The van der Waals surface area contributed by atoms with Crippen LogP contribution < -0.4 is 11.0 Å². The molecular weight excluding hydrogens is 256 g/mol. The number of hydrogen-bond acceptors (Lipinski definition) is 5. The third-order valence-electron chi connectivity index (χ3n) is 2.19. The molecule has 0 aliphatic carbocycles. The highest BCUT2D eigenvalue weighted by atomic mass is 16.7. The highest BCUT2D eigenvalue weighted by Crippen LogP contribution is 2.09. The predicted molar refractivity (Wildman–Crippen MR) is 80.5 cm³/mol. The van der Waals surface area contributed by atoms with Crippen molar-refractivity contribution in [2.45, 2.75) is 78.4 Å². The van der Waals surface area contributed by atoms with E-state index in [1.807, 2.05) is 47.5 Å². The number of hydrogen-bond donors (Lipinski definition) is 2. The molecule has 0 saturated heterocycles. The van der Waals surface area contributed by atoms with Crippen molar-refractivity contribution in [1.29, 1.82) is 0 Å². The van der Waals surface area contributed by atoms with Gasteiger partial charge in [0, 0.05) is 13.0 Å². The average molecular weight is 286 g/mol. The molecule has 5 nitrogen and oxygen atoms in total. The van der Waals surface area contributed by atoms with E-state index in [1.165, 1.54) is 0 Å². The molecule has 118 valence electrons. The van der Waals surface area contributed by atoms with Gasteiger partial charge in [-0.05, 0) is 54.4 Å². The lowest BCUT2D eigenvalue weighted by atomic mass is 10.1. The van der Waals surface area contributed by atoms with E-state index in [2.05, 4.69) is 11.0 Å². The predicted octanol–water partition coefficient (Wildman–Crippen LogP) is 2.90. The SMILES string of the molecule is CC(C)(C)ONCCCCCC(=C=O)NOC(C)(C)C. The molecule has 0 heterocycles. The molecule has 0 fully saturated rings. The molecular formula is C15H30N2O3. The van der Waals surface area contributed by atoms with Crippen molar-refractivity contribution in [2.75, 3.05) is 6.54 Å². The van der Waals surface area contributed by atoms with Gasteiger partial charge in [-0.15, -0.1) is 0 Å². The van der Waals surface area contributed by atoms with Gasteiger partial charge in [-0.25, -0.2) is 10.3 Å². The number of unbranched alkanes of at least 4 members (excludes halogenated alkanes) is 2. The number of nitrogens with one attached hydrogen (secondary N) is 2. The van der Waals surface area contributed by atoms with E-state index < -0.39 is 0 Å². The summed E-state index contributed by atoms with van der Waals surface area (Å²) >= 11 is 0. The summed E-state index contributed by atoms with van der Waals surface area (Å²) in [5, 5.41) is 0. The van der Waals surface area contributed by atoms with Crippen molar-refractivity contribution in [3.63, 3.8) is 0 Å². The Morgan fingerprint density at radius 1 is 0.950 bits per heavy atom. The maximum atomic E-state index is 10.8. The fraction of sp³-hybridized carbons (Fsp3) is 0.867. The molecule has 2 N–H and O–H groups in total. The van der Waals surface area contributed by atoms with Crippen LogP contribution in [-0.4, -0.2) is 23.7 Å². The Morgan fingerprint density at radius 3 is 2.05 bits per heavy atom. The van der Waals surface area contributed by atoms with E-state index in [-0.39, 0.29) is 11.2 Å². The van der Waals surface area contributed by atoms with Crippen LogP contribution in [0.2, 0.25) is 0 Å². The topological polar surface area (TPSA) is 59.6 Å². The van der Waals surface area contributed by atoms with E-state index in [9.17, 15) is 4.79 Å². The second kappa shape index (κ2) is 9.14. The van der Waals surface area contributed by atoms with Crippen molar-refractivity contribution in [1.82, 2.24) is 11.0 Å². The van der Waals surface area contributed by atoms with Crippen LogP contribution in [0, 0.1) is 0 Å². The largest absolute Gasteiger partial charge is 0.296 e. The first kappa shape index (κ1) is 19.1. The van der Waals surface area contributed by atoms with Crippen LogP contribution in [0.4, 0.5) is 0 Å². The lowest BCUT2D eigenvalue weighted by Gasteiger charge is -2.20. The summed E-state index contributed by atoms with van der Waals surface area (Å²) in [7, 11) is 0. The molecule has 0 amide bonds. The van der Waals surface area contributed by atoms with Crippen LogP contribution in [0.5, 0.6) is 0 Å². The van der Waals surface area contributed by atoms with Gasteiger partial charge in [0.05, 0.1) is 11.2 Å². The Balaban J connectivity index is 3.60. The fourth-order valence-electron chi connectivity index (χ4n) is 1.28. The van der Waals surface area contributed by atoms with E-state index in [0.29, 0.717) is 12.1 Å². The Hall–Kier alpha value is -0.870. The van der Waals surface area contributed by atoms with Crippen molar-refractivity contribution < 1.29 is 14.5 Å². The van der Waals surface area contributed by atoms with Crippen molar-refractivity contribution in [3.8, 4) is 0 Å². The number of rotatable bonds is 9. The van der Waals surface area contributed by atoms with Gasteiger partial charge in [-0.2, -0.15) is 0 Å². The number of allylic oxidation sites excluding steroid dienone is 1. The van der Waals surface area contributed by atoms with Crippen molar-refractivity contribution in [3.05, 3.63) is 5.70 Å². The van der Waals surface area contributed by atoms with Crippen molar-refractivity contribution >= 4 is 5.94 Å². The van der Waals surface area contributed by atoms with Crippen LogP contribution >= 0.6 is 0 Å². The Labute approximate surface area is 123 Å². The monoisotopic (exact) mass is 286 g/mol. The number of hydroxylamine groups is 2. The smallest absolute Gasteiger partial charge is 0.147 e. The second-order valence-electron chi connectivity index (χ2n) is 6.82. The fourth-order valence-corrected chi connectivity index (χ4v) is 1.28. The summed E-state index contributed by atoms with van der Waals surface area (Å²) in [6, 6.07) is 0. The molecule has 0 rings (SSSR count). The molecule has 0 radical (unpaired) electrons. The molecule has 0 saturated carbocycles. The van der Waals surface area contributed by atoms with Gasteiger partial charge < -0.3 is 0 Å². The minimum Gasteiger partial charge on any atom is -0.296 e. The summed E-state index contributed by atoms with van der Waals surface area (Å²) in [4.78, 5) is 21.5. The summed E-state index contributed by atoms with van der Waals surface area (Å²) in [5.41, 5.74) is 5.62. The summed E-state index contributed by atoms with van der Waals surface area (Å²) in [5.74, 6) is 1.89. The molecule has 0 aliphatic rings. The summed E-state index contributed by atoms with van der Waals surface area (Å²) < 4.78 is 0. The minimum atomic E-state index is -0.323. The van der Waals surface area contributed by atoms with Crippen molar-refractivity contribution in [2.24, 2.45) is 0 Å². The highest BCUT2D eigenvalue weighted by molar-refractivity contribution is 5.50. The maximum Gasteiger partial charge on any atom is 0.147 e. The van der Waals surface area contributed by atoms with Crippen LogP contribution in [0.15, 0.2) is 5.70 Å². The van der Waals surface area contributed by atoms with Crippen LogP contribution in [0.3, 0.4) is 0 Å². The zero-order valence-corrected chi connectivity index (χ0v) is 13.8. The minimum absolute atomic E-state index is 0.165. The van der Waals surface area contributed by atoms with Gasteiger partial charge >= 0.3 is 0 Å². The highest BCUT2D eigenvalue weighted by Gasteiger charge is 2.12. The quantitative estimate of drug-likeness (QED) is 0.388. The lowest BCUT2D eigenvalue weighted by Crippen LogP contribution is -2.29. The first-order valence-electron chi connectivity index (χ1n) is 7.23. The van der Waals surface area contributed by atoms with Crippen LogP contribution in [0.25, 0.3) is 0 Å². The number of carbonyl (C=O) groups excluding carboxylic acids is 1. The van der Waals surface area contributed by atoms with Gasteiger partial charge in [0.15, 0.2) is 0 Å². The standard InChI is InChI=1S/C15H30N2O3/c1-14(2,3)19-16-11-9-7-8-10-13(12-18)17-20-15(4,5)6/h16-17H,7-11H2,1-6H3. The molecule has 0 aliphatic heterocycles. The Kier molecular flexibility index (Phi) is 8.74. The normalized spacial score (nSPS) is 12.1. The first-order chi connectivity index (χ1) is 9.14. The molecule has 0 aromatic rings. The Morgan fingerprint density at radius 2 is 1.55 bits per heavy atom.